The van der Waals surface area contributed by atoms with Crippen LogP contribution in [0.25, 0.3) is 0 Å². The molecule has 0 fully saturated rings. The van der Waals surface area contributed by atoms with E-state index in [0.29, 0.717) is 13.0 Å². The Bertz CT molecular complexity index is 413. The van der Waals surface area contributed by atoms with Crippen molar-refractivity contribution in [3.05, 3.63) is 17.0 Å². The number of rotatable bonds is 6. The van der Waals surface area contributed by atoms with Crippen LogP contribution in [-0.4, -0.2) is 35.4 Å². The number of hydrogen-bond acceptors (Lipinski definition) is 3. The summed E-state index contributed by atoms with van der Waals surface area (Å²) in [4.78, 5) is 11.7. The molecule has 1 heterocycles. The molecule has 1 unspecified atom stereocenters. The average molecular weight is 253 g/mol. The standard InChI is InChI=1S/C13H23N3O2/c1-9(8-18-5)14-13(17)7-6-12-10(2)15-16(4)11(12)3/h9H,6-8H2,1-5H3,(H,14,17). The van der Waals surface area contributed by atoms with Crippen LogP contribution in [0.5, 0.6) is 0 Å². The van der Waals surface area contributed by atoms with Gasteiger partial charge in [-0.1, -0.05) is 0 Å². The van der Waals surface area contributed by atoms with E-state index in [1.165, 1.54) is 5.56 Å². The summed E-state index contributed by atoms with van der Waals surface area (Å²) in [6.07, 6.45) is 1.22. The Balaban J connectivity index is 2.47. The molecule has 0 bridgehead atoms. The molecule has 0 aliphatic rings. The third-order valence-electron chi connectivity index (χ3n) is 3.08. The maximum Gasteiger partial charge on any atom is 0.220 e. The minimum Gasteiger partial charge on any atom is -0.383 e. The summed E-state index contributed by atoms with van der Waals surface area (Å²) in [6.45, 7) is 6.48. The van der Waals surface area contributed by atoms with Crippen LogP contribution in [0.15, 0.2) is 0 Å². The molecule has 1 amide bonds. The zero-order chi connectivity index (χ0) is 13.7. The largest absolute Gasteiger partial charge is 0.383 e. The van der Waals surface area contributed by atoms with E-state index in [1.54, 1.807) is 7.11 Å². The van der Waals surface area contributed by atoms with E-state index >= 15 is 0 Å². The SMILES string of the molecule is COCC(C)NC(=O)CCc1c(C)nn(C)c1C. The first-order valence-electron chi connectivity index (χ1n) is 6.23. The molecule has 1 rings (SSSR count). The van der Waals surface area contributed by atoms with Gasteiger partial charge in [-0.25, -0.2) is 0 Å². The van der Waals surface area contributed by atoms with Crippen LogP contribution in [-0.2, 0) is 23.0 Å². The smallest absolute Gasteiger partial charge is 0.220 e. The summed E-state index contributed by atoms with van der Waals surface area (Å²) in [7, 11) is 3.55. The number of nitrogens with zero attached hydrogens (tertiary/aromatic N) is 2. The van der Waals surface area contributed by atoms with Gasteiger partial charge in [-0.15, -0.1) is 0 Å². The molecule has 0 saturated carbocycles. The van der Waals surface area contributed by atoms with E-state index in [1.807, 2.05) is 32.5 Å². The molecule has 5 nitrogen and oxygen atoms in total. The highest BCUT2D eigenvalue weighted by Gasteiger charge is 2.12. The number of carbonyl (C=O) groups is 1. The van der Waals surface area contributed by atoms with Crippen molar-refractivity contribution in [1.82, 2.24) is 15.1 Å². The van der Waals surface area contributed by atoms with Gasteiger partial charge in [-0.3, -0.25) is 9.48 Å². The van der Waals surface area contributed by atoms with Crippen molar-refractivity contribution in [2.75, 3.05) is 13.7 Å². The number of ether oxygens (including phenoxy) is 1. The molecule has 0 spiro atoms. The summed E-state index contributed by atoms with van der Waals surface area (Å²) in [5, 5.41) is 7.25. The van der Waals surface area contributed by atoms with Gasteiger partial charge in [0.05, 0.1) is 12.3 Å². The molecule has 1 N–H and O–H groups in total. The Hall–Kier alpha value is -1.36. The second kappa shape index (κ2) is 6.54. The molecule has 0 aliphatic carbocycles. The second-order valence-electron chi connectivity index (χ2n) is 4.70. The minimum absolute atomic E-state index is 0.0543. The van der Waals surface area contributed by atoms with Crippen molar-refractivity contribution in [1.29, 1.82) is 0 Å². The predicted octanol–water partition coefficient (Wildman–Crippen LogP) is 1.12. The first-order chi connectivity index (χ1) is 8.45. The van der Waals surface area contributed by atoms with Crippen LogP contribution >= 0.6 is 0 Å². The van der Waals surface area contributed by atoms with Crippen LogP contribution in [0.3, 0.4) is 0 Å². The van der Waals surface area contributed by atoms with Crippen molar-refractivity contribution in [2.24, 2.45) is 7.05 Å². The van der Waals surface area contributed by atoms with Gasteiger partial charge in [-0.05, 0) is 32.8 Å². The van der Waals surface area contributed by atoms with Crippen molar-refractivity contribution in [3.63, 3.8) is 0 Å². The Morgan fingerprint density at radius 2 is 2.17 bits per heavy atom. The van der Waals surface area contributed by atoms with Crippen LogP contribution in [0.2, 0.25) is 0 Å². The maximum atomic E-state index is 11.7. The monoisotopic (exact) mass is 253 g/mol. The molecule has 102 valence electrons. The fraction of sp³-hybridized carbons (Fsp3) is 0.692. The molecule has 1 aromatic heterocycles. The van der Waals surface area contributed by atoms with Crippen LogP contribution < -0.4 is 5.32 Å². The lowest BCUT2D eigenvalue weighted by molar-refractivity contribution is -0.122. The van der Waals surface area contributed by atoms with Crippen molar-refractivity contribution in [3.8, 4) is 0 Å². The number of amides is 1. The summed E-state index contributed by atoms with van der Waals surface area (Å²) >= 11 is 0. The number of hydrogen-bond donors (Lipinski definition) is 1. The highest BCUT2D eigenvalue weighted by Crippen LogP contribution is 2.13. The Labute approximate surface area is 109 Å². The lowest BCUT2D eigenvalue weighted by Gasteiger charge is -2.12. The van der Waals surface area contributed by atoms with E-state index in [-0.39, 0.29) is 11.9 Å². The van der Waals surface area contributed by atoms with Gasteiger partial charge in [0, 0.05) is 32.3 Å². The van der Waals surface area contributed by atoms with Gasteiger partial charge in [0.2, 0.25) is 5.91 Å². The van der Waals surface area contributed by atoms with Crippen molar-refractivity contribution >= 4 is 5.91 Å². The summed E-state index contributed by atoms with van der Waals surface area (Å²) in [6, 6.07) is 0.0543. The minimum atomic E-state index is 0.0543. The van der Waals surface area contributed by atoms with Gasteiger partial charge in [0.15, 0.2) is 0 Å². The second-order valence-corrected chi connectivity index (χ2v) is 4.70. The van der Waals surface area contributed by atoms with E-state index < -0.39 is 0 Å². The van der Waals surface area contributed by atoms with Crippen molar-refractivity contribution in [2.45, 2.75) is 39.7 Å². The van der Waals surface area contributed by atoms with E-state index in [9.17, 15) is 4.79 Å². The van der Waals surface area contributed by atoms with Gasteiger partial charge in [0.25, 0.3) is 0 Å². The molecule has 0 radical (unpaired) electrons. The van der Waals surface area contributed by atoms with Gasteiger partial charge >= 0.3 is 0 Å². The average Bonchev–Trinajstić information content (AvgIpc) is 2.51. The predicted molar refractivity (Wildman–Crippen MR) is 70.5 cm³/mol. The number of methoxy groups -OCH3 is 1. The zero-order valence-corrected chi connectivity index (χ0v) is 11.9. The molecular formula is C13H23N3O2. The number of aromatic nitrogens is 2. The highest BCUT2D eigenvalue weighted by atomic mass is 16.5. The van der Waals surface area contributed by atoms with Crippen molar-refractivity contribution < 1.29 is 9.53 Å². The molecule has 1 aromatic rings. The lowest BCUT2D eigenvalue weighted by atomic mass is 10.1. The first kappa shape index (κ1) is 14.7. The Kier molecular flexibility index (Phi) is 5.34. The van der Waals surface area contributed by atoms with Gasteiger partial charge in [0.1, 0.15) is 0 Å². The first-order valence-corrected chi connectivity index (χ1v) is 6.23. The van der Waals surface area contributed by atoms with Crippen LogP contribution in [0, 0.1) is 13.8 Å². The summed E-state index contributed by atoms with van der Waals surface area (Å²) < 4.78 is 6.84. The third-order valence-corrected chi connectivity index (χ3v) is 3.08. The van der Waals surface area contributed by atoms with Gasteiger partial charge in [-0.2, -0.15) is 5.10 Å². The van der Waals surface area contributed by atoms with E-state index in [0.717, 1.165) is 17.8 Å². The lowest BCUT2D eigenvalue weighted by Crippen LogP contribution is -2.35. The van der Waals surface area contributed by atoms with E-state index in [4.69, 9.17) is 4.74 Å². The zero-order valence-electron chi connectivity index (χ0n) is 11.9. The summed E-state index contributed by atoms with van der Waals surface area (Å²) in [5.41, 5.74) is 3.31. The molecular weight excluding hydrogens is 230 g/mol. The van der Waals surface area contributed by atoms with Crippen LogP contribution in [0.1, 0.15) is 30.3 Å². The molecule has 5 heteroatoms. The Morgan fingerprint density at radius 1 is 1.50 bits per heavy atom. The number of aryl methyl sites for hydroxylation is 2. The Morgan fingerprint density at radius 3 is 2.67 bits per heavy atom. The topological polar surface area (TPSA) is 56.1 Å². The van der Waals surface area contributed by atoms with Gasteiger partial charge < -0.3 is 10.1 Å². The highest BCUT2D eigenvalue weighted by molar-refractivity contribution is 5.76. The van der Waals surface area contributed by atoms with Crippen LogP contribution in [0.4, 0.5) is 0 Å². The molecule has 18 heavy (non-hydrogen) atoms. The summed E-state index contributed by atoms with van der Waals surface area (Å²) in [5.74, 6) is 0.0576. The third kappa shape index (κ3) is 3.84. The number of carbonyl (C=O) groups excluding carboxylic acids is 1. The normalized spacial score (nSPS) is 12.5. The molecule has 0 saturated heterocycles. The van der Waals surface area contributed by atoms with E-state index in [2.05, 4.69) is 10.4 Å². The maximum absolute atomic E-state index is 11.7. The fourth-order valence-corrected chi connectivity index (χ4v) is 2.06. The number of nitrogens with one attached hydrogen (secondary N) is 1. The fourth-order valence-electron chi connectivity index (χ4n) is 2.06. The molecule has 0 aliphatic heterocycles. The molecule has 0 aromatic carbocycles. The quantitative estimate of drug-likeness (QED) is 0.826. The molecule has 1 atom stereocenters.